The Morgan fingerprint density at radius 1 is 1.08 bits per heavy atom. The van der Waals surface area contributed by atoms with Gasteiger partial charge in [0.2, 0.25) is 5.95 Å². The second kappa shape index (κ2) is 11.7. The van der Waals surface area contributed by atoms with Crippen LogP contribution in [0.3, 0.4) is 0 Å². The molecule has 3 aromatic heterocycles. The van der Waals surface area contributed by atoms with Crippen LogP contribution in [0.1, 0.15) is 5.56 Å². The van der Waals surface area contributed by atoms with Crippen molar-refractivity contribution in [1.82, 2.24) is 29.7 Å². The van der Waals surface area contributed by atoms with E-state index in [2.05, 4.69) is 47.5 Å². The van der Waals surface area contributed by atoms with Gasteiger partial charge in [0.1, 0.15) is 22.5 Å². The van der Waals surface area contributed by atoms with Gasteiger partial charge in [-0.05, 0) is 36.4 Å². The van der Waals surface area contributed by atoms with Gasteiger partial charge in [-0.15, -0.1) is 0 Å². The van der Waals surface area contributed by atoms with Crippen LogP contribution in [-0.4, -0.2) is 81.2 Å². The first-order valence-corrected chi connectivity index (χ1v) is 14.0. The highest BCUT2D eigenvalue weighted by molar-refractivity contribution is 7.85. The molecule has 1 unspecified atom stereocenters. The number of hydrogen-bond donors (Lipinski definition) is 3. The average molecular weight is 520 g/mol. The zero-order valence-corrected chi connectivity index (χ0v) is 22.0. The summed E-state index contributed by atoms with van der Waals surface area (Å²) in [4.78, 5) is 16.2. The molecular weight excluding hydrogens is 486 g/mol. The van der Waals surface area contributed by atoms with Crippen molar-refractivity contribution in [2.45, 2.75) is 6.54 Å². The molecule has 11 heteroatoms. The van der Waals surface area contributed by atoms with Crippen molar-refractivity contribution in [3.8, 4) is 0 Å². The Labute approximate surface area is 219 Å². The molecule has 4 aromatic rings. The van der Waals surface area contributed by atoms with E-state index in [1.165, 1.54) is 0 Å². The van der Waals surface area contributed by atoms with Crippen LogP contribution in [0.25, 0.3) is 11.0 Å². The number of benzene rings is 1. The smallest absolute Gasteiger partial charge is 0.229 e. The van der Waals surface area contributed by atoms with E-state index in [1.807, 2.05) is 42.7 Å². The number of nitrogens with zero attached hydrogens (tertiary/aromatic N) is 6. The van der Waals surface area contributed by atoms with Gasteiger partial charge in [-0.3, -0.25) is 9.21 Å². The SMILES string of the molecule is CN(c1ncccc1Cn1ccc2cnc(Nc3ccc(NCCN4CCNCC4)cc3)nc21)S(C)=O. The molecule has 0 radical (unpaired) electrons. The summed E-state index contributed by atoms with van der Waals surface area (Å²) in [6.07, 6.45) is 7.17. The van der Waals surface area contributed by atoms with E-state index in [9.17, 15) is 4.21 Å². The first-order chi connectivity index (χ1) is 18.1. The van der Waals surface area contributed by atoms with E-state index >= 15 is 0 Å². The predicted octanol–water partition coefficient (Wildman–Crippen LogP) is 2.67. The molecule has 1 aromatic carbocycles. The van der Waals surface area contributed by atoms with Crippen LogP contribution in [0.4, 0.5) is 23.1 Å². The highest BCUT2D eigenvalue weighted by Crippen LogP contribution is 2.23. The molecule has 1 aliphatic heterocycles. The minimum Gasteiger partial charge on any atom is -0.384 e. The normalized spacial score (nSPS) is 15.0. The maximum Gasteiger partial charge on any atom is 0.229 e. The number of nitrogens with one attached hydrogen (secondary N) is 3. The van der Waals surface area contributed by atoms with Crippen LogP contribution in [-0.2, 0) is 17.5 Å². The van der Waals surface area contributed by atoms with Crippen molar-refractivity contribution in [2.24, 2.45) is 0 Å². The molecule has 0 bridgehead atoms. The van der Waals surface area contributed by atoms with Gasteiger partial charge in [-0.2, -0.15) is 4.98 Å². The zero-order chi connectivity index (χ0) is 25.6. The summed E-state index contributed by atoms with van der Waals surface area (Å²) >= 11 is 0. The number of anilines is 4. The van der Waals surface area contributed by atoms with E-state index in [-0.39, 0.29) is 0 Å². The van der Waals surface area contributed by atoms with Crippen LogP contribution >= 0.6 is 0 Å². The molecular formula is C26H33N9OS. The molecule has 10 nitrogen and oxygen atoms in total. The highest BCUT2D eigenvalue weighted by atomic mass is 32.2. The maximum atomic E-state index is 12.0. The Kier molecular flexibility index (Phi) is 7.93. The molecule has 5 rings (SSSR count). The Morgan fingerprint density at radius 2 is 1.86 bits per heavy atom. The number of rotatable bonds is 10. The Hall–Kier alpha value is -3.54. The van der Waals surface area contributed by atoms with Gasteiger partial charge in [0.05, 0.1) is 6.54 Å². The van der Waals surface area contributed by atoms with Crippen LogP contribution in [0.5, 0.6) is 0 Å². The van der Waals surface area contributed by atoms with Gasteiger partial charge in [-0.25, -0.2) is 14.2 Å². The number of pyridine rings is 1. The number of piperazine rings is 1. The Bertz CT molecular complexity index is 1350. The van der Waals surface area contributed by atoms with Crippen molar-refractivity contribution in [1.29, 1.82) is 0 Å². The fraction of sp³-hybridized carbons (Fsp3) is 0.346. The zero-order valence-electron chi connectivity index (χ0n) is 21.2. The summed E-state index contributed by atoms with van der Waals surface area (Å²) in [5.74, 6) is 1.23. The molecule has 0 spiro atoms. The minimum atomic E-state index is -1.16. The monoisotopic (exact) mass is 519 g/mol. The number of fused-ring (bicyclic) bond motifs is 1. The van der Waals surface area contributed by atoms with Gasteiger partial charge in [0.15, 0.2) is 0 Å². The fourth-order valence-corrected chi connectivity index (χ4v) is 4.80. The quantitative estimate of drug-likeness (QED) is 0.294. The summed E-state index contributed by atoms with van der Waals surface area (Å²) in [5, 5.41) is 11.2. The van der Waals surface area contributed by atoms with Crippen LogP contribution in [0.15, 0.2) is 61.1 Å². The first kappa shape index (κ1) is 25.1. The Morgan fingerprint density at radius 3 is 2.65 bits per heavy atom. The lowest BCUT2D eigenvalue weighted by atomic mass is 10.2. The predicted molar refractivity (Wildman–Crippen MR) is 151 cm³/mol. The molecule has 4 heterocycles. The second-order valence-corrected chi connectivity index (χ2v) is 10.4. The second-order valence-electron chi connectivity index (χ2n) is 9.04. The molecule has 37 heavy (non-hydrogen) atoms. The summed E-state index contributed by atoms with van der Waals surface area (Å²) in [6.45, 7) is 6.88. The van der Waals surface area contributed by atoms with Crippen molar-refractivity contribution >= 4 is 45.2 Å². The van der Waals surface area contributed by atoms with E-state index < -0.39 is 11.0 Å². The minimum absolute atomic E-state index is 0.532. The van der Waals surface area contributed by atoms with Gasteiger partial charge < -0.3 is 20.5 Å². The number of aromatic nitrogens is 4. The lowest BCUT2D eigenvalue weighted by Gasteiger charge is -2.27. The van der Waals surface area contributed by atoms with Gasteiger partial charge in [-0.1, -0.05) is 6.07 Å². The van der Waals surface area contributed by atoms with Crippen LogP contribution in [0, 0.1) is 0 Å². The highest BCUT2D eigenvalue weighted by Gasteiger charge is 2.14. The first-order valence-electron chi connectivity index (χ1n) is 12.4. The molecule has 3 N–H and O–H groups in total. The largest absolute Gasteiger partial charge is 0.384 e. The van der Waals surface area contributed by atoms with Crippen molar-refractivity contribution in [3.05, 3.63) is 66.6 Å². The lowest BCUT2D eigenvalue weighted by Crippen LogP contribution is -2.45. The number of hydrogen-bond acceptors (Lipinski definition) is 8. The van der Waals surface area contributed by atoms with E-state index in [1.54, 1.807) is 23.8 Å². The maximum absolute atomic E-state index is 12.0. The molecule has 1 aliphatic rings. The molecule has 0 saturated carbocycles. The van der Waals surface area contributed by atoms with E-state index in [0.717, 1.165) is 67.2 Å². The summed E-state index contributed by atoms with van der Waals surface area (Å²) in [5.41, 5.74) is 3.80. The Balaban J connectivity index is 1.25. The standard InChI is InChI=1S/C26H33N9OS/c1-33(37(2)36)24-21(4-3-10-29-24)19-35-14-9-20-18-30-26(32-25(20)35)31-23-7-5-22(6-8-23)28-13-17-34-15-11-27-12-16-34/h3-10,14,18,27-28H,11-13,15-17,19H2,1-2H3,(H,30,31,32). The third-order valence-corrected chi connectivity index (χ3v) is 7.45. The molecule has 194 valence electrons. The van der Waals surface area contributed by atoms with Gasteiger partial charge in [0, 0.05) is 93.5 Å². The summed E-state index contributed by atoms with van der Waals surface area (Å²) in [6, 6.07) is 14.1. The lowest BCUT2D eigenvalue weighted by molar-refractivity contribution is 0.249. The van der Waals surface area contributed by atoms with E-state index in [0.29, 0.717) is 18.3 Å². The average Bonchev–Trinajstić information content (AvgIpc) is 3.32. The third-order valence-electron chi connectivity index (χ3n) is 6.50. The van der Waals surface area contributed by atoms with Crippen molar-refractivity contribution in [2.75, 3.05) is 67.5 Å². The molecule has 0 aliphatic carbocycles. The van der Waals surface area contributed by atoms with Crippen molar-refractivity contribution < 1.29 is 4.21 Å². The van der Waals surface area contributed by atoms with Crippen molar-refractivity contribution in [3.63, 3.8) is 0 Å². The molecule has 1 fully saturated rings. The van der Waals surface area contributed by atoms with E-state index in [4.69, 9.17) is 4.98 Å². The summed E-state index contributed by atoms with van der Waals surface area (Å²) in [7, 11) is 0.623. The summed E-state index contributed by atoms with van der Waals surface area (Å²) < 4.78 is 15.8. The molecule has 1 atom stereocenters. The molecule has 0 amide bonds. The molecule has 1 saturated heterocycles. The topological polar surface area (TPSA) is 103 Å². The van der Waals surface area contributed by atoms with Gasteiger partial charge >= 0.3 is 0 Å². The van der Waals surface area contributed by atoms with Crippen LogP contribution < -0.4 is 20.3 Å². The fourth-order valence-electron chi connectivity index (χ4n) is 4.39. The van der Waals surface area contributed by atoms with Crippen LogP contribution in [0.2, 0.25) is 0 Å². The van der Waals surface area contributed by atoms with Gasteiger partial charge in [0.25, 0.3) is 0 Å². The third kappa shape index (κ3) is 6.24.